The average molecular weight is 260 g/mol. The fourth-order valence-electron chi connectivity index (χ4n) is 1.68. The first-order chi connectivity index (χ1) is 8.63. The van der Waals surface area contributed by atoms with Crippen molar-refractivity contribution < 1.29 is 14.3 Å². The van der Waals surface area contributed by atoms with Crippen molar-refractivity contribution in [1.29, 1.82) is 0 Å². The molecule has 0 saturated carbocycles. The zero-order chi connectivity index (χ0) is 12.7. The molecular weight excluding hydrogens is 252 g/mol. The lowest BCUT2D eigenvalue weighted by Gasteiger charge is -1.94. The molecule has 3 rings (SSSR count). The number of fused-ring (bicyclic) bond motifs is 1. The molecule has 6 heteroatoms. The Hall–Kier alpha value is -2.21. The summed E-state index contributed by atoms with van der Waals surface area (Å²) in [6.07, 6.45) is 0. The highest BCUT2D eigenvalue weighted by molar-refractivity contribution is 7.13. The summed E-state index contributed by atoms with van der Waals surface area (Å²) in [5, 5.41) is 11.0. The number of rotatable bonds is 2. The third-order valence-corrected chi connectivity index (χ3v) is 3.36. The van der Waals surface area contributed by atoms with Crippen LogP contribution in [0.2, 0.25) is 0 Å². The minimum atomic E-state index is -1.02. The summed E-state index contributed by atoms with van der Waals surface area (Å²) in [6.45, 7) is 1.78. The SMILES string of the molecule is Cc1nc2ccc(-c3nc(C(=O)O)cs3)cc2o1. The first-order valence-electron chi connectivity index (χ1n) is 5.20. The summed E-state index contributed by atoms with van der Waals surface area (Å²) in [6, 6.07) is 5.51. The number of carboxylic acids is 1. The predicted molar refractivity (Wildman–Crippen MR) is 66.8 cm³/mol. The highest BCUT2D eigenvalue weighted by Gasteiger charge is 2.11. The van der Waals surface area contributed by atoms with Crippen LogP contribution in [-0.2, 0) is 0 Å². The number of aromatic nitrogens is 2. The molecule has 0 fully saturated rings. The van der Waals surface area contributed by atoms with Crippen molar-refractivity contribution in [2.75, 3.05) is 0 Å². The molecule has 5 nitrogen and oxygen atoms in total. The lowest BCUT2D eigenvalue weighted by molar-refractivity contribution is 0.0691. The van der Waals surface area contributed by atoms with Crippen molar-refractivity contribution in [1.82, 2.24) is 9.97 Å². The van der Waals surface area contributed by atoms with E-state index in [4.69, 9.17) is 9.52 Å². The molecule has 18 heavy (non-hydrogen) atoms. The van der Waals surface area contributed by atoms with Crippen LogP contribution in [0, 0.1) is 6.92 Å². The van der Waals surface area contributed by atoms with Crippen molar-refractivity contribution in [3.05, 3.63) is 35.2 Å². The highest BCUT2D eigenvalue weighted by Crippen LogP contribution is 2.27. The second kappa shape index (κ2) is 3.92. The first kappa shape index (κ1) is 10.9. The van der Waals surface area contributed by atoms with Gasteiger partial charge in [-0.15, -0.1) is 11.3 Å². The molecule has 0 aliphatic carbocycles. The third-order valence-electron chi connectivity index (χ3n) is 2.47. The van der Waals surface area contributed by atoms with Crippen LogP contribution in [0.4, 0.5) is 0 Å². The predicted octanol–water partition coefficient (Wildman–Crippen LogP) is 2.96. The van der Waals surface area contributed by atoms with Crippen LogP contribution in [-0.4, -0.2) is 21.0 Å². The maximum Gasteiger partial charge on any atom is 0.355 e. The number of hydrogen-bond donors (Lipinski definition) is 1. The molecule has 0 saturated heterocycles. The number of thiazole rings is 1. The Kier molecular flexibility index (Phi) is 2.38. The van der Waals surface area contributed by atoms with E-state index in [1.807, 2.05) is 18.2 Å². The van der Waals surface area contributed by atoms with Gasteiger partial charge in [0.05, 0.1) is 0 Å². The molecule has 0 amide bonds. The minimum absolute atomic E-state index is 0.0591. The maximum atomic E-state index is 10.8. The highest BCUT2D eigenvalue weighted by atomic mass is 32.1. The van der Waals surface area contributed by atoms with E-state index in [9.17, 15) is 4.79 Å². The van der Waals surface area contributed by atoms with Crippen LogP contribution >= 0.6 is 11.3 Å². The fraction of sp³-hybridized carbons (Fsp3) is 0.0833. The minimum Gasteiger partial charge on any atom is -0.476 e. The fourth-order valence-corrected chi connectivity index (χ4v) is 2.47. The topological polar surface area (TPSA) is 76.2 Å². The van der Waals surface area contributed by atoms with Crippen molar-refractivity contribution in [3.8, 4) is 10.6 Å². The molecule has 2 aromatic heterocycles. The number of oxazole rings is 1. The van der Waals surface area contributed by atoms with Gasteiger partial charge in [-0.05, 0) is 18.2 Å². The van der Waals surface area contributed by atoms with E-state index in [-0.39, 0.29) is 5.69 Å². The van der Waals surface area contributed by atoms with Gasteiger partial charge in [0, 0.05) is 17.9 Å². The molecule has 1 N–H and O–H groups in total. The molecule has 0 atom stereocenters. The van der Waals surface area contributed by atoms with Crippen molar-refractivity contribution in [2.24, 2.45) is 0 Å². The van der Waals surface area contributed by atoms with E-state index in [2.05, 4.69) is 9.97 Å². The molecule has 0 aliphatic heterocycles. The monoisotopic (exact) mass is 260 g/mol. The molecule has 0 spiro atoms. The Morgan fingerprint density at radius 2 is 2.22 bits per heavy atom. The van der Waals surface area contributed by atoms with Crippen LogP contribution in [0.1, 0.15) is 16.4 Å². The molecule has 0 bridgehead atoms. The van der Waals surface area contributed by atoms with Gasteiger partial charge in [0.2, 0.25) is 0 Å². The zero-order valence-electron chi connectivity index (χ0n) is 9.38. The van der Waals surface area contributed by atoms with Crippen LogP contribution in [0.15, 0.2) is 28.0 Å². The van der Waals surface area contributed by atoms with Crippen LogP contribution in [0.25, 0.3) is 21.7 Å². The lowest BCUT2D eigenvalue weighted by atomic mass is 10.2. The smallest absolute Gasteiger partial charge is 0.355 e. The average Bonchev–Trinajstić information content (AvgIpc) is 2.91. The van der Waals surface area contributed by atoms with Gasteiger partial charge in [0.15, 0.2) is 17.2 Å². The van der Waals surface area contributed by atoms with E-state index >= 15 is 0 Å². The quantitative estimate of drug-likeness (QED) is 0.766. The molecule has 0 aliphatic rings. The Morgan fingerprint density at radius 3 is 2.94 bits per heavy atom. The second-order valence-electron chi connectivity index (χ2n) is 3.76. The number of nitrogens with zero attached hydrogens (tertiary/aromatic N) is 2. The second-order valence-corrected chi connectivity index (χ2v) is 4.62. The summed E-state index contributed by atoms with van der Waals surface area (Å²) >= 11 is 1.29. The van der Waals surface area contributed by atoms with Crippen molar-refractivity contribution >= 4 is 28.4 Å². The van der Waals surface area contributed by atoms with E-state index in [0.29, 0.717) is 16.5 Å². The van der Waals surface area contributed by atoms with Gasteiger partial charge in [-0.1, -0.05) is 0 Å². The van der Waals surface area contributed by atoms with Gasteiger partial charge in [-0.2, -0.15) is 0 Å². The Morgan fingerprint density at radius 1 is 1.39 bits per heavy atom. The molecular formula is C12H8N2O3S. The molecule has 3 aromatic rings. The van der Waals surface area contributed by atoms with Crippen LogP contribution in [0.5, 0.6) is 0 Å². The van der Waals surface area contributed by atoms with Gasteiger partial charge in [-0.3, -0.25) is 0 Å². The van der Waals surface area contributed by atoms with E-state index in [1.54, 1.807) is 6.92 Å². The zero-order valence-corrected chi connectivity index (χ0v) is 10.2. The first-order valence-corrected chi connectivity index (χ1v) is 6.08. The van der Waals surface area contributed by atoms with Crippen LogP contribution in [0.3, 0.4) is 0 Å². The number of benzene rings is 1. The van der Waals surface area contributed by atoms with E-state index < -0.39 is 5.97 Å². The van der Waals surface area contributed by atoms with Crippen LogP contribution < -0.4 is 0 Å². The summed E-state index contributed by atoms with van der Waals surface area (Å²) in [4.78, 5) is 19.0. The third kappa shape index (κ3) is 1.76. The van der Waals surface area contributed by atoms with E-state index in [0.717, 1.165) is 11.1 Å². The molecule has 2 heterocycles. The summed E-state index contributed by atoms with van der Waals surface area (Å²) in [5.41, 5.74) is 2.35. The largest absolute Gasteiger partial charge is 0.476 e. The standard InChI is InChI=1S/C12H8N2O3S/c1-6-13-8-3-2-7(4-10(8)17-6)11-14-9(5-18-11)12(15)16/h2-5H,1H3,(H,15,16). The molecule has 90 valence electrons. The normalized spacial score (nSPS) is 10.9. The van der Waals surface area contributed by atoms with Gasteiger partial charge in [0.25, 0.3) is 0 Å². The van der Waals surface area contributed by atoms with Crippen molar-refractivity contribution in [3.63, 3.8) is 0 Å². The Bertz CT molecular complexity index is 745. The van der Waals surface area contributed by atoms with Gasteiger partial charge in [0.1, 0.15) is 10.5 Å². The lowest BCUT2D eigenvalue weighted by Crippen LogP contribution is -1.95. The number of hydrogen-bond acceptors (Lipinski definition) is 5. The molecule has 1 aromatic carbocycles. The summed E-state index contributed by atoms with van der Waals surface area (Å²) in [7, 11) is 0. The number of aryl methyl sites for hydroxylation is 1. The number of carboxylic acid groups (broad SMARTS) is 1. The van der Waals surface area contributed by atoms with Gasteiger partial charge >= 0.3 is 5.97 Å². The molecule has 0 unspecified atom stereocenters. The number of aromatic carboxylic acids is 1. The van der Waals surface area contributed by atoms with E-state index in [1.165, 1.54) is 16.7 Å². The Labute approximate surface area is 106 Å². The van der Waals surface area contributed by atoms with Crippen molar-refractivity contribution in [2.45, 2.75) is 6.92 Å². The van der Waals surface area contributed by atoms with Gasteiger partial charge in [-0.25, -0.2) is 14.8 Å². The summed E-state index contributed by atoms with van der Waals surface area (Å²) in [5.74, 6) is -0.415. The van der Waals surface area contributed by atoms with Gasteiger partial charge < -0.3 is 9.52 Å². The number of carbonyl (C=O) groups is 1. The maximum absolute atomic E-state index is 10.8. The summed E-state index contributed by atoms with van der Waals surface area (Å²) < 4.78 is 5.43. The Balaban J connectivity index is 2.09. The molecule has 0 radical (unpaired) electrons.